The van der Waals surface area contributed by atoms with Crippen molar-refractivity contribution in [2.24, 2.45) is 23.2 Å². The zero-order valence-electron chi connectivity index (χ0n) is 16.9. The molecule has 2 rings (SSSR count). The molecule has 0 aliphatic heterocycles. The van der Waals surface area contributed by atoms with Crippen LogP contribution in [0, 0.1) is 23.2 Å². The minimum atomic E-state index is -0.553. The largest absolute Gasteiger partial charge is 0.463 e. The Hall–Kier alpha value is -0.830. The molecule has 0 spiro atoms. The maximum atomic E-state index is 11.9. The summed E-state index contributed by atoms with van der Waals surface area (Å²) in [5, 5.41) is 9.95. The van der Waals surface area contributed by atoms with Crippen LogP contribution in [0.4, 0.5) is 0 Å². The molecule has 2 unspecified atom stereocenters. The van der Waals surface area contributed by atoms with Gasteiger partial charge in [0.25, 0.3) is 0 Å². The first-order valence-corrected chi connectivity index (χ1v) is 10.3. The van der Waals surface area contributed by atoms with Gasteiger partial charge in [-0.3, -0.25) is 0 Å². The lowest BCUT2D eigenvalue weighted by Gasteiger charge is -2.44. The van der Waals surface area contributed by atoms with E-state index in [1.54, 1.807) is 6.08 Å². The molecule has 2 aliphatic rings. The van der Waals surface area contributed by atoms with Crippen molar-refractivity contribution in [1.29, 1.82) is 0 Å². The van der Waals surface area contributed by atoms with E-state index in [0.717, 1.165) is 25.2 Å². The molecular weight excluding hydrogens is 312 g/mol. The maximum absolute atomic E-state index is 11.9. The predicted octanol–water partition coefficient (Wildman–Crippen LogP) is 5.27. The number of hydrogen-bond donors (Lipinski definition) is 1. The molecule has 0 aromatic heterocycles. The summed E-state index contributed by atoms with van der Waals surface area (Å²) in [6.07, 6.45) is 10.9. The van der Waals surface area contributed by atoms with Crippen LogP contribution in [0.3, 0.4) is 0 Å². The van der Waals surface area contributed by atoms with Crippen LogP contribution in [0.25, 0.3) is 0 Å². The Labute approximate surface area is 154 Å². The van der Waals surface area contributed by atoms with E-state index in [4.69, 9.17) is 4.74 Å². The van der Waals surface area contributed by atoms with Gasteiger partial charge in [-0.15, -0.1) is 0 Å². The van der Waals surface area contributed by atoms with E-state index in [-0.39, 0.29) is 5.97 Å². The molecule has 0 aromatic carbocycles. The van der Waals surface area contributed by atoms with Crippen molar-refractivity contribution in [1.82, 2.24) is 0 Å². The summed E-state index contributed by atoms with van der Waals surface area (Å²) in [5.41, 5.74) is 1.10. The van der Waals surface area contributed by atoms with Crippen molar-refractivity contribution in [2.45, 2.75) is 91.6 Å². The van der Waals surface area contributed by atoms with Crippen molar-refractivity contribution in [3.05, 3.63) is 11.6 Å². The summed E-state index contributed by atoms with van der Waals surface area (Å²) in [4.78, 5) is 11.9. The number of hydrogen-bond acceptors (Lipinski definition) is 3. The van der Waals surface area contributed by atoms with Crippen LogP contribution in [0.2, 0.25) is 0 Å². The van der Waals surface area contributed by atoms with Crippen LogP contribution in [-0.2, 0) is 9.53 Å². The first kappa shape index (κ1) is 20.5. The Balaban J connectivity index is 2.03. The maximum Gasteiger partial charge on any atom is 0.330 e. The van der Waals surface area contributed by atoms with Gasteiger partial charge in [0.1, 0.15) is 0 Å². The van der Waals surface area contributed by atoms with Gasteiger partial charge < -0.3 is 9.84 Å². The molecule has 4 atom stereocenters. The highest BCUT2D eigenvalue weighted by molar-refractivity contribution is 5.83. The molecule has 0 saturated heterocycles. The van der Waals surface area contributed by atoms with Crippen molar-refractivity contribution in [3.8, 4) is 0 Å². The van der Waals surface area contributed by atoms with Gasteiger partial charge in [0.15, 0.2) is 0 Å². The molecule has 0 aromatic rings. The number of rotatable bonds is 7. The lowest BCUT2D eigenvalue weighted by atomic mass is 9.60. The van der Waals surface area contributed by atoms with Crippen LogP contribution >= 0.6 is 0 Å². The molecule has 144 valence electrons. The van der Waals surface area contributed by atoms with E-state index in [9.17, 15) is 9.90 Å². The molecule has 0 heterocycles. The van der Waals surface area contributed by atoms with Crippen LogP contribution in [0.5, 0.6) is 0 Å². The normalized spacial score (nSPS) is 32.5. The third-order valence-corrected chi connectivity index (χ3v) is 6.76. The van der Waals surface area contributed by atoms with Gasteiger partial charge in [-0.2, -0.15) is 0 Å². The zero-order valence-corrected chi connectivity index (χ0v) is 16.9. The van der Waals surface area contributed by atoms with Crippen LogP contribution in [0.1, 0.15) is 86.0 Å². The molecule has 2 fully saturated rings. The summed E-state index contributed by atoms with van der Waals surface area (Å²) in [6.45, 7) is 11.0. The fraction of sp³-hybridized carbons (Fsp3) is 0.864. The fourth-order valence-electron chi connectivity index (χ4n) is 5.58. The predicted molar refractivity (Wildman–Crippen MR) is 102 cm³/mol. The van der Waals surface area contributed by atoms with Crippen molar-refractivity contribution < 1.29 is 14.6 Å². The van der Waals surface area contributed by atoms with Crippen LogP contribution in [-0.4, -0.2) is 23.3 Å². The topological polar surface area (TPSA) is 46.5 Å². The van der Waals surface area contributed by atoms with E-state index < -0.39 is 5.60 Å². The van der Waals surface area contributed by atoms with Gasteiger partial charge >= 0.3 is 5.97 Å². The minimum absolute atomic E-state index is 0.163. The Morgan fingerprint density at radius 1 is 1.44 bits per heavy atom. The molecule has 0 amide bonds. The number of aliphatic hydroxyl groups is 1. The highest BCUT2D eigenvalue weighted by Crippen LogP contribution is 2.59. The number of carbonyl (C=O) groups is 1. The monoisotopic (exact) mass is 350 g/mol. The summed E-state index contributed by atoms with van der Waals surface area (Å²) in [5.74, 6) is 1.79. The molecule has 3 heteroatoms. The molecule has 2 saturated carbocycles. The van der Waals surface area contributed by atoms with Crippen molar-refractivity contribution in [2.75, 3.05) is 6.61 Å². The van der Waals surface area contributed by atoms with Gasteiger partial charge in [0, 0.05) is 6.08 Å². The fourth-order valence-corrected chi connectivity index (χ4v) is 5.58. The molecule has 2 aliphatic carbocycles. The van der Waals surface area contributed by atoms with E-state index >= 15 is 0 Å². The Bertz CT molecular complexity index is 488. The SMILES string of the molecule is CCOC(=O)/C=C1\CCCC2(C)[C@@H](C(C)CCCC(C)(C)O)CC[C@@H]12. The summed E-state index contributed by atoms with van der Waals surface area (Å²) >= 11 is 0. The summed E-state index contributed by atoms with van der Waals surface area (Å²) in [6, 6.07) is 0. The average molecular weight is 351 g/mol. The van der Waals surface area contributed by atoms with Gasteiger partial charge in [0.05, 0.1) is 12.2 Å². The summed E-state index contributed by atoms with van der Waals surface area (Å²) < 4.78 is 5.15. The molecule has 0 bridgehead atoms. The Morgan fingerprint density at radius 2 is 2.16 bits per heavy atom. The smallest absolute Gasteiger partial charge is 0.330 e. The molecule has 3 nitrogen and oxygen atoms in total. The van der Waals surface area contributed by atoms with Crippen LogP contribution in [0.15, 0.2) is 11.6 Å². The number of allylic oxidation sites excluding steroid dienone is 1. The second-order valence-corrected chi connectivity index (χ2v) is 9.25. The van der Waals surface area contributed by atoms with Gasteiger partial charge in [-0.05, 0) is 82.5 Å². The average Bonchev–Trinajstić information content (AvgIpc) is 2.84. The Morgan fingerprint density at radius 3 is 2.80 bits per heavy atom. The molecule has 25 heavy (non-hydrogen) atoms. The van der Waals surface area contributed by atoms with E-state index in [0.29, 0.717) is 23.9 Å². The number of carbonyl (C=O) groups excluding carboxylic acids is 1. The third-order valence-electron chi connectivity index (χ3n) is 6.76. The number of ether oxygens (including phenoxy) is 1. The summed E-state index contributed by atoms with van der Waals surface area (Å²) in [7, 11) is 0. The molecule has 1 N–H and O–H groups in total. The highest BCUT2D eigenvalue weighted by atomic mass is 16.5. The van der Waals surface area contributed by atoms with Crippen molar-refractivity contribution in [3.63, 3.8) is 0 Å². The van der Waals surface area contributed by atoms with Gasteiger partial charge in [0.2, 0.25) is 0 Å². The molecular formula is C22H38O3. The second kappa shape index (κ2) is 8.24. The van der Waals surface area contributed by atoms with Gasteiger partial charge in [-0.1, -0.05) is 32.3 Å². The first-order chi connectivity index (χ1) is 11.7. The highest BCUT2D eigenvalue weighted by Gasteiger charge is 2.50. The van der Waals surface area contributed by atoms with Gasteiger partial charge in [-0.25, -0.2) is 4.79 Å². The van der Waals surface area contributed by atoms with E-state index in [2.05, 4.69) is 13.8 Å². The second-order valence-electron chi connectivity index (χ2n) is 9.25. The molecule has 0 radical (unpaired) electrons. The van der Waals surface area contributed by atoms with E-state index in [1.807, 2.05) is 20.8 Å². The van der Waals surface area contributed by atoms with Crippen molar-refractivity contribution >= 4 is 5.97 Å². The Kier molecular flexibility index (Phi) is 6.75. The quantitative estimate of drug-likeness (QED) is 0.502. The third kappa shape index (κ3) is 5.09. The standard InChI is InChI=1S/C22H38O3/c1-6-25-20(23)15-17-10-8-14-22(5)18(11-12-19(17)22)16(2)9-7-13-21(3,4)24/h15-16,18-19,24H,6-14H2,1-5H3/b17-15+/t16?,18-,19+,22?/m1/s1. The number of fused-ring (bicyclic) bond motifs is 1. The lowest BCUT2D eigenvalue weighted by molar-refractivity contribution is -0.137. The minimum Gasteiger partial charge on any atom is -0.463 e. The lowest BCUT2D eigenvalue weighted by Crippen LogP contribution is -2.36. The van der Waals surface area contributed by atoms with E-state index in [1.165, 1.54) is 37.7 Å². The number of esters is 1. The first-order valence-electron chi connectivity index (χ1n) is 10.3. The van der Waals surface area contributed by atoms with Crippen LogP contribution < -0.4 is 0 Å². The zero-order chi connectivity index (χ0) is 18.7.